The van der Waals surface area contributed by atoms with E-state index in [0.29, 0.717) is 11.1 Å². The topological polar surface area (TPSA) is 57.6 Å². The number of hydrogen-bond donors (Lipinski definition) is 1. The lowest BCUT2D eigenvalue weighted by molar-refractivity contribution is 0.0420. The molecule has 1 heterocycles. The molecule has 0 atom stereocenters. The Bertz CT molecular complexity index is 1090. The molecule has 158 valence electrons. The van der Waals surface area contributed by atoms with Crippen molar-refractivity contribution in [1.82, 2.24) is 4.90 Å². The summed E-state index contributed by atoms with van der Waals surface area (Å²) in [5, 5.41) is 8.99. The van der Waals surface area contributed by atoms with Crippen LogP contribution in [-0.4, -0.2) is 35.0 Å². The van der Waals surface area contributed by atoms with Gasteiger partial charge >= 0.3 is 5.97 Å². The summed E-state index contributed by atoms with van der Waals surface area (Å²) in [6.07, 6.45) is 0.303. The molecule has 0 spiro atoms. The van der Waals surface area contributed by atoms with Crippen molar-refractivity contribution in [3.63, 3.8) is 0 Å². The summed E-state index contributed by atoms with van der Waals surface area (Å²) in [5.41, 5.74) is 1.22. The van der Waals surface area contributed by atoms with Crippen LogP contribution in [0, 0.1) is 5.82 Å². The molecular formula is C25H21F2NO3. The van der Waals surface area contributed by atoms with Crippen LogP contribution in [0.3, 0.4) is 0 Å². The van der Waals surface area contributed by atoms with Crippen LogP contribution in [-0.2, 0) is 5.67 Å². The number of rotatable bonds is 4. The Balaban J connectivity index is 1.41. The number of halogens is 2. The second-order valence-electron chi connectivity index (χ2n) is 7.72. The van der Waals surface area contributed by atoms with Gasteiger partial charge in [0.25, 0.3) is 5.91 Å². The molecule has 1 fully saturated rings. The number of amides is 1. The highest BCUT2D eigenvalue weighted by Crippen LogP contribution is 2.37. The molecule has 31 heavy (non-hydrogen) atoms. The summed E-state index contributed by atoms with van der Waals surface area (Å²) >= 11 is 0. The number of carboxylic acid groups (broad SMARTS) is 1. The van der Waals surface area contributed by atoms with E-state index >= 15 is 4.39 Å². The Hall–Kier alpha value is -3.54. The van der Waals surface area contributed by atoms with Crippen molar-refractivity contribution >= 4 is 11.9 Å². The van der Waals surface area contributed by atoms with E-state index < -0.39 is 11.6 Å². The first kappa shape index (κ1) is 20.7. The van der Waals surface area contributed by atoms with Crippen molar-refractivity contribution in [1.29, 1.82) is 0 Å². The Morgan fingerprint density at radius 2 is 1.26 bits per heavy atom. The predicted molar refractivity (Wildman–Crippen MR) is 113 cm³/mol. The van der Waals surface area contributed by atoms with Gasteiger partial charge in [0.05, 0.1) is 5.56 Å². The summed E-state index contributed by atoms with van der Waals surface area (Å²) in [7, 11) is 0. The van der Waals surface area contributed by atoms with Crippen molar-refractivity contribution in [2.75, 3.05) is 13.1 Å². The molecule has 0 saturated carbocycles. The maximum Gasteiger partial charge on any atom is 0.335 e. The van der Waals surface area contributed by atoms with Gasteiger partial charge in [-0.3, -0.25) is 4.79 Å². The Labute approximate surface area is 178 Å². The first-order valence-electron chi connectivity index (χ1n) is 10.0. The zero-order valence-electron chi connectivity index (χ0n) is 16.7. The fraction of sp³-hybridized carbons (Fsp3) is 0.200. The normalized spacial score (nSPS) is 15.5. The van der Waals surface area contributed by atoms with Crippen molar-refractivity contribution in [2.45, 2.75) is 18.5 Å². The highest BCUT2D eigenvalue weighted by molar-refractivity contribution is 5.94. The van der Waals surface area contributed by atoms with Crippen molar-refractivity contribution < 1.29 is 23.5 Å². The minimum Gasteiger partial charge on any atom is -0.478 e. The molecular weight excluding hydrogens is 400 g/mol. The van der Waals surface area contributed by atoms with Gasteiger partial charge in [-0.1, -0.05) is 36.4 Å². The Morgan fingerprint density at radius 3 is 1.77 bits per heavy atom. The molecule has 6 heteroatoms. The number of carbonyl (C=O) groups is 2. The van der Waals surface area contributed by atoms with Gasteiger partial charge in [0.15, 0.2) is 0 Å². The molecule has 3 aromatic rings. The van der Waals surface area contributed by atoms with Gasteiger partial charge < -0.3 is 10.0 Å². The first-order chi connectivity index (χ1) is 14.9. The lowest BCUT2D eigenvalue weighted by Crippen LogP contribution is -2.43. The third-order valence-electron chi connectivity index (χ3n) is 5.80. The molecule has 4 nitrogen and oxygen atoms in total. The minimum absolute atomic E-state index is 0.115. The summed E-state index contributed by atoms with van der Waals surface area (Å²) in [6, 6.07) is 19.0. The van der Waals surface area contributed by atoms with Crippen LogP contribution >= 0.6 is 0 Å². The molecule has 4 rings (SSSR count). The lowest BCUT2D eigenvalue weighted by Gasteiger charge is -2.36. The predicted octanol–water partition coefficient (Wildman–Crippen LogP) is 5.29. The summed E-state index contributed by atoms with van der Waals surface area (Å²) < 4.78 is 28.5. The zero-order chi connectivity index (χ0) is 22.0. The van der Waals surface area contributed by atoms with Gasteiger partial charge in [0.2, 0.25) is 0 Å². The number of alkyl halides is 1. The molecule has 0 radical (unpaired) electrons. The van der Waals surface area contributed by atoms with E-state index in [0.717, 1.165) is 11.1 Å². The van der Waals surface area contributed by atoms with Crippen molar-refractivity contribution in [2.24, 2.45) is 0 Å². The van der Waals surface area contributed by atoms with E-state index in [-0.39, 0.29) is 43.2 Å². The van der Waals surface area contributed by atoms with Crippen LogP contribution < -0.4 is 0 Å². The number of benzene rings is 3. The van der Waals surface area contributed by atoms with Crippen LogP contribution in [0.5, 0.6) is 0 Å². The van der Waals surface area contributed by atoms with Crippen LogP contribution in [0.15, 0.2) is 72.8 Å². The molecule has 1 N–H and O–H groups in total. The number of piperidine rings is 1. The van der Waals surface area contributed by atoms with Crippen LogP contribution in [0.25, 0.3) is 11.1 Å². The third kappa shape index (κ3) is 4.33. The summed E-state index contributed by atoms with van der Waals surface area (Å²) in [6.45, 7) is 0.547. The molecule has 0 bridgehead atoms. The average Bonchev–Trinajstić information content (AvgIpc) is 2.80. The molecule has 0 aromatic heterocycles. The quantitative estimate of drug-likeness (QED) is 0.623. The Morgan fingerprint density at radius 1 is 0.774 bits per heavy atom. The van der Waals surface area contributed by atoms with E-state index in [9.17, 15) is 14.0 Å². The van der Waals surface area contributed by atoms with E-state index in [1.807, 2.05) is 12.1 Å². The van der Waals surface area contributed by atoms with Crippen LogP contribution in [0.4, 0.5) is 8.78 Å². The molecule has 1 amide bonds. The molecule has 1 aliphatic rings. The van der Waals surface area contributed by atoms with Gasteiger partial charge in [-0.15, -0.1) is 0 Å². The third-order valence-corrected chi connectivity index (χ3v) is 5.80. The van der Waals surface area contributed by atoms with Crippen molar-refractivity contribution in [3.05, 3.63) is 95.3 Å². The first-order valence-corrected chi connectivity index (χ1v) is 10.0. The maximum atomic E-state index is 15.4. The minimum atomic E-state index is -1.58. The van der Waals surface area contributed by atoms with E-state index in [4.69, 9.17) is 5.11 Å². The van der Waals surface area contributed by atoms with Gasteiger partial charge in [0.1, 0.15) is 11.5 Å². The number of carbonyl (C=O) groups excluding carboxylic acids is 1. The van der Waals surface area contributed by atoms with Gasteiger partial charge in [-0.25, -0.2) is 13.6 Å². The molecule has 1 aliphatic heterocycles. The van der Waals surface area contributed by atoms with Crippen LogP contribution in [0.2, 0.25) is 0 Å². The number of nitrogens with zero attached hydrogens (tertiary/aromatic N) is 1. The highest BCUT2D eigenvalue weighted by atomic mass is 19.1. The van der Waals surface area contributed by atoms with E-state index in [2.05, 4.69) is 0 Å². The van der Waals surface area contributed by atoms with Crippen molar-refractivity contribution in [3.8, 4) is 11.1 Å². The molecule has 0 unspecified atom stereocenters. The second-order valence-corrected chi connectivity index (χ2v) is 7.72. The van der Waals surface area contributed by atoms with Gasteiger partial charge in [0, 0.05) is 31.5 Å². The zero-order valence-corrected chi connectivity index (χ0v) is 16.7. The average molecular weight is 421 g/mol. The van der Waals surface area contributed by atoms with Gasteiger partial charge in [-0.05, 0) is 53.1 Å². The fourth-order valence-corrected chi connectivity index (χ4v) is 3.89. The fourth-order valence-electron chi connectivity index (χ4n) is 3.89. The second kappa shape index (κ2) is 8.30. The molecule has 3 aromatic carbocycles. The lowest BCUT2D eigenvalue weighted by atomic mass is 9.85. The monoisotopic (exact) mass is 421 g/mol. The molecule has 0 aliphatic carbocycles. The number of hydrogen-bond acceptors (Lipinski definition) is 2. The smallest absolute Gasteiger partial charge is 0.335 e. The van der Waals surface area contributed by atoms with E-state index in [1.54, 1.807) is 29.2 Å². The van der Waals surface area contributed by atoms with E-state index in [1.165, 1.54) is 36.4 Å². The largest absolute Gasteiger partial charge is 0.478 e. The standard InChI is InChI=1S/C25H21F2NO3/c26-22-11-7-18(8-12-22)17-1-3-19(4-2-17)23(29)28-15-13-25(27,14-16-28)21-9-5-20(6-10-21)24(30)31/h1-12H,13-16H2,(H,30,31). The van der Waals surface area contributed by atoms with Crippen LogP contribution in [0.1, 0.15) is 39.1 Å². The maximum absolute atomic E-state index is 15.4. The summed E-state index contributed by atoms with van der Waals surface area (Å²) in [5.74, 6) is -1.51. The number of likely N-dealkylation sites (tertiary alicyclic amines) is 1. The highest BCUT2D eigenvalue weighted by Gasteiger charge is 2.37. The number of aromatic carboxylic acids is 1. The number of carboxylic acids is 1. The Kier molecular flexibility index (Phi) is 5.55. The van der Waals surface area contributed by atoms with Gasteiger partial charge in [-0.2, -0.15) is 0 Å². The molecule has 1 saturated heterocycles. The SMILES string of the molecule is O=C(O)c1ccc(C2(F)CCN(C(=O)c3ccc(-c4ccc(F)cc4)cc3)CC2)cc1. The summed E-state index contributed by atoms with van der Waals surface area (Å²) in [4.78, 5) is 25.5.